The minimum absolute atomic E-state index is 0.0318. The van der Waals surface area contributed by atoms with Crippen molar-refractivity contribution in [3.8, 4) is 11.1 Å². The van der Waals surface area contributed by atoms with Gasteiger partial charge in [-0.2, -0.15) is 0 Å². The highest BCUT2D eigenvalue weighted by molar-refractivity contribution is 6.33. The summed E-state index contributed by atoms with van der Waals surface area (Å²) in [6.45, 7) is -0.179. The van der Waals surface area contributed by atoms with Crippen LogP contribution in [0.15, 0.2) is 78.9 Å². The first kappa shape index (κ1) is 20.8. The molecule has 156 valence electrons. The van der Waals surface area contributed by atoms with Crippen LogP contribution in [0.25, 0.3) is 11.1 Å². The number of hydrogen-bond acceptors (Lipinski definition) is 4. The van der Waals surface area contributed by atoms with Gasteiger partial charge in [-0.05, 0) is 23.3 Å². The molecule has 1 amide bonds. The Hall–Kier alpha value is -3.44. The van der Waals surface area contributed by atoms with Gasteiger partial charge in [-0.1, -0.05) is 78.3 Å². The first-order valence-electron chi connectivity index (χ1n) is 9.93. The van der Waals surface area contributed by atoms with Crippen molar-refractivity contribution in [2.24, 2.45) is 5.92 Å². The largest absolute Gasteiger partial charge is 0.457 e. The Bertz CT molecular complexity index is 1110. The maximum Gasteiger partial charge on any atom is 0.311 e. The van der Waals surface area contributed by atoms with E-state index < -0.39 is 11.9 Å². The van der Waals surface area contributed by atoms with Crippen molar-refractivity contribution in [2.75, 3.05) is 18.1 Å². The third-order valence-corrected chi connectivity index (χ3v) is 5.58. The molecule has 0 N–H and O–H groups in total. The maximum atomic E-state index is 12.4. The van der Waals surface area contributed by atoms with Crippen LogP contribution in [0.5, 0.6) is 0 Å². The first-order valence-corrected chi connectivity index (χ1v) is 10.3. The summed E-state index contributed by atoms with van der Waals surface area (Å²) in [6.07, 6.45) is 0.0318. The number of Topliss-reactive ketones (excluding diaryl/α,β-unsaturated/α-hetero) is 1. The van der Waals surface area contributed by atoms with Crippen LogP contribution in [0.3, 0.4) is 0 Å². The Labute approximate surface area is 185 Å². The highest BCUT2D eigenvalue weighted by Gasteiger charge is 2.37. The molecule has 1 heterocycles. The molecule has 4 rings (SSSR count). The lowest BCUT2D eigenvalue weighted by Crippen LogP contribution is -2.27. The summed E-state index contributed by atoms with van der Waals surface area (Å²) in [5.74, 6) is -1.67. The average Bonchev–Trinajstić information content (AvgIpc) is 3.19. The van der Waals surface area contributed by atoms with Gasteiger partial charge in [0.25, 0.3) is 0 Å². The fourth-order valence-electron chi connectivity index (χ4n) is 3.59. The van der Waals surface area contributed by atoms with E-state index in [2.05, 4.69) is 0 Å². The van der Waals surface area contributed by atoms with E-state index in [1.807, 2.05) is 42.5 Å². The van der Waals surface area contributed by atoms with E-state index >= 15 is 0 Å². The van der Waals surface area contributed by atoms with Crippen LogP contribution >= 0.6 is 11.6 Å². The van der Waals surface area contributed by atoms with E-state index in [9.17, 15) is 14.4 Å². The van der Waals surface area contributed by atoms with Crippen LogP contribution < -0.4 is 4.90 Å². The van der Waals surface area contributed by atoms with Gasteiger partial charge in [-0.3, -0.25) is 14.4 Å². The highest BCUT2D eigenvalue weighted by atomic mass is 35.5. The zero-order chi connectivity index (χ0) is 21.8. The van der Waals surface area contributed by atoms with Crippen molar-refractivity contribution in [3.63, 3.8) is 0 Å². The Morgan fingerprint density at radius 2 is 1.55 bits per heavy atom. The Balaban J connectivity index is 1.34. The number of carbonyl (C=O) groups is 3. The molecule has 3 aromatic carbocycles. The van der Waals surface area contributed by atoms with E-state index in [1.54, 1.807) is 36.4 Å². The number of ether oxygens (including phenoxy) is 1. The van der Waals surface area contributed by atoms with Crippen LogP contribution in [0, 0.1) is 5.92 Å². The summed E-state index contributed by atoms with van der Waals surface area (Å²) in [7, 11) is 0. The lowest BCUT2D eigenvalue weighted by molar-refractivity contribution is -0.147. The number of halogens is 1. The molecule has 3 aromatic rings. The van der Waals surface area contributed by atoms with Gasteiger partial charge >= 0.3 is 5.97 Å². The van der Waals surface area contributed by atoms with Gasteiger partial charge in [0.15, 0.2) is 12.4 Å². The van der Waals surface area contributed by atoms with Gasteiger partial charge < -0.3 is 9.64 Å². The number of rotatable bonds is 6. The minimum Gasteiger partial charge on any atom is -0.457 e. The van der Waals surface area contributed by atoms with E-state index in [1.165, 1.54) is 4.90 Å². The maximum absolute atomic E-state index is 12.4. The normalized spacial score (nSPS) is 15.7. The van der Waals surface area contributed by atoms with Gasteiger partial charge in [-0.25, -0.2) is 0 Å². The highest BCUT2D eigenvalue weighted by Crippen LogP contribution is 2.31. The molecule has 31 heavy (non-hydrogen) atoms. The van der Waals surface area contributed by atoms with Crippen molar-refractivity contribution in [1.29, 1.82) is 0 Å². The smallest absolute Gasteiger partial charge is 0.311 e. The second-order valence-corrected chi connectivity index (χ2v) is 7.74. The lowest BCUT2D eigenvalue weighted by Gasteiger charge is -2.17. The summed E-state index contributed by atoms with van der Waals surface area (Å²) in [4.78, 5) is 38.7. The monoisotopic (exact) mass is 433 g/mol. The summed E-state index contributed by atoms with van der Waals surface area (Å²) >= 11 is 6.16. The van der Waals surface area contributed by atoms with Crippen LogP contribution in [-0.4, -0.2) is 30.8 Å². The lowest BCUT2D eigenvalue weighted by atomic mass is 10.0. The fraction of sp³-hybridized carbons (Fsp3) is 0.160. The number of hydrogen-bond donors (Lipinski definition) is 0. The van der Waals surface area contributed by atoms with Crippen molar-refractivity contribution < 1.29 is 19.1 Å². The second kappa shape index (κ2) is 9.14. The molecule has 1 saturated heterocycles. The molecule has 1 aliphatic rings. The van der Waals surface area contributed by atoms with Gasteiger partial charge in [-0.15, -0.1) is 0 Å². The molecule has 0 saturated carbocycles. The molecule has 5 nitrogen and oxygen atoms in total. The van der Waals surface area contributed by atoms with Gasteiger partial charge in [0, 0.05) is 18.5 Å². The zero-order valence-corrected chi connectivity index (χ0v) is 17.4. The third kappa shape index (κ3) is 4.67. The summed E-state index contributed by atoms with van der Waals surface area (Å²) in [5, 5.41) is 0.444. The Kier molecular flexibility index (Phi) is 6.14. The van der Waals surface area contributed by atoms with Crippen molar-refractivity contribution in [1.82, 2.24) is 0 Å². The van der Waals surface area contributed by atoms with E-state index in [0.29, 0.717) is 16.3 Å². The standard InChI is InChI=1S/C25H20ClNO4/c26-21-8-4-5-9-22(21)27-15-20(14-24(27)29)25(30)31-16-23(28)19-12-10-18(11-13-19)17-6-2-1-3-7-17/h1-13,20H,14-16H2. The van der Waals surface area contributed by atoms with Gasteiger partial charge in [0.2, 0.25) is 5.91 Å². The quantitative estimate of drug-likeness (QED) is 0.414. The van der Waals surface area contributed by atoms with Crippen LogP contribution in [0.1, 0.15) is 16.8 Å². The van der Waals surface area contributed by atoms with Crippen molar-refractivity contribution in [3.05, 3.63) is 89.4 Å². The van der Waals surface area contributed by atoms with Crippen LogP contribution in [0.2, 0.25) is 5.02 Å². The number of ketones is 1. The molecule has 0 aromatic heterocycles. The van der Waals surface area contributed by atoms with Crippen molar-refractivity contribution >= 4 is 34.9 Å². The molecule has 1 fully saturated rings. The molecule has 1 aliphatic heterocycles. The predicted octanol–water partition coefficient (Wildman–Crippen LogP) is 4.79. The molecule has 1 unspecified atom stereocenters. The topological polar surface area (TPSA) is 63.7 Å². The molecule has 6 heteroatoms. The average molecular weight is 434 g/mol. The molecule has 1 atom stereocenters. The summed E-state index contributed by atoms with van der Waals surface area (Å²) < 4.78 is 5.22. The summed E-state index contributed by atoms with van der Waals surface area (Å²) in [6, 6.07) is 24.0. The van der Waals surface area contributed by atoms with E-state index in [4.69, 9.17) is 16.3 Å². The molecular formula is C25H20ClNO4. The third-order valence-electron chi connectivity index (χ3n) is 5.26. The molecule has 0 spiro atoms. The van der Waals surface area contributed by atoms with Crippen molar-refractivity contribution in [2.45, 2.75) is 6.42 Å². The van der Waals surface area contributed by atoms with E-state index in [0.717, 1.165) is 11.1 Å². The summed E-state index contributed by atoms with van der Waals surface area (Å²) in [5.41, 5.74) is 3.09. The first-order chi connectivity index (χ1) is 15.0. The fourth-order valence-corrected chi connectivity index (χ4v) is 3.82. The number of para-hydroxylation sites is 1. The van der Waals surface area contributed by atoms with Gasteiger partial charge in [0.05, 0.1) is 16.6 Å². The number of amides is 1. The number of benzene rings is 3. The zero-order valence-electron chi connectivity index (χ0n) is 16.7. The Morgan fingerprint density at radius 3 is 2.26 bits per heavy atom. The van der Waals surface area contributed by atoms with Crippen LogP contribution in [-0.2, 0) is 14.3 Å². The molecule has 0 aliphatic carbocycles. The molecular weight excluding hydrogens is 414 g/mol. The molecule has 0 radical (unpaired) electrons. The SMILES string of the molecule is O=C(COC(=O)C1CC(=O)N(c2ccccc2Cl)C1)c1ccc(-c2ccccc2)cc1. The Morgan fingerprint density at radius 1 is 0.903 bits per heavy atom. The number of nitrogens with zero attached hydrogens (tertiary/aromatic N) is 1. The predicted molar refractivity (Wildman–Crippen MR) is 119 cm³/mol. The minimum atomic E-state index is -0.628. The second-order valence-electron chi connectivity index (χ2n) is 7.33. The van der Waals surface area contributed by atoms with E-state index in [-0.39, 0.29) is 31.3 Å². The number of anilines is 1. The number of esters is 1. The molecule has 0 bridgehead atoms. The van der Waals surface area contributed by atoms with Crippen LogP contribution in [0.4, 0.5) is 5.69 Å². The van der Waals surface area contributed by atoms with Gasteiger partial charge in [0.1, 0.15) is 0 Å². The number of carbonyl (C=O) groups excluding carboxylic acids is 3.